The molecule has 4 rings (SSSR count). The third-order valence-corrected chi connectivity index (χ3v) is 13.7. The summed E-state index contributed by atoms with van der Waals surface area (Å²) in [7, 11) is 1.68. The third kappa shape index (κ3) is 7.36. The number of fused-ring (bicyclic) bond motifs is 1. The highest BCUT2D eigenvalue weighted by atomic mass is 28.4. The lowest BCUT2D eigenvalue weighted by atomic mass is 9.84. The molecule has 3 heterocycles. The Balaban J connectivity index is 1.70. The van der Waals surface area contributed by atoms with Crippen LogP contribution in [0.25, 0.3) is 16.9 Å². The van der Waals surface area contributed by atoms with Gasteiger partial charge in [0.15, 0.2) is 14.0 Å². The standard InChI is InChI=1S/C33H52N4O4Si/c1-22(2)29-20-35-37-31(23(3)24-11-13-39-14-12-24)18-30(36-32(29)37)25-15-26(38-8)17-27(16-25)40-21-28(19-34-7)41-42(9,10)33(4,5)6/h15-18,20,22-24,28,34H,11-14,19,21H2,1-10H3. The molecular weight excluding hydrogens is 544 g/mol. The number of likely N-dealkylation sites (N-methyl/N-ethyl adjacent to an activating group) is 1. The van der Waals surface area contributed by atoms with Crippen LogP contribution in [0.15, 0.2) is 30.5 Å². The Morgan fingerprint density at radius 2 is 1.76 bits per heavy atom. The van der Waals surface area contributed by atoms with Crippen molar-refractivity contribution in [2.75, 3.05) is 40.5 Å². The number of aromatic nitrogens is 3. The van der Waals surface area contributed by atoms with Gasteiger partial charge >= 0.3 is 0 Å². The van der Waals surface area contributed by atoms with E-state index in [-0.39, 0.29) is 11.1 Å². The van der Waals surface area contributed by atoms with Gasteiger partial charge in [-0.15, -0.1) is 0 Å². The predicted molar refractivity (Wildman–Crippen MR) is 173 cm³/mol. The number of benzene rings is 1. The van der Waals surface area contributed by atoms with Crippen LogP contribution in [0, 0.1) is 5.92 Å². The van der Waals surface area contributed by atoms with Gasteiger partial charge in [-0.2, -0.15) is 5.10 Å². The normalized spacial score (nSPS) is 16.6. The topological polar surface area (TPSA) is 79.1 Å². The maximum Gasteiger partial charge on any atom is 0.192 e. The van der Waals surface area contributed by atoms with Gasteiger partial charge in [0.2, 0.25) is 0 Å². The number of rotatable bonds is 12. The summed E-state index contributed by atoms with van der Waals surface area (Å²) in [6.45, 7) is 20.8. The number of hydrogen-bond donors (Lipinski definition) is 1. The van der Waals surface area contributed by atoms with Crippen LogP contribution >= 0.6 is 0 Å². The minimum Gasteiger partial charge on any atom is -0.497 e. The van der Waals surface area contributed by atoms with Crippen LogP contribution in [0.3, 0.4) is 0 Å². The summed E-state index contributed by atoms with van der Waals surface area (Å²) < 4.78 is 26.6. The van der Waals surface area contributed by atoms with E-state index in [0.29, 0.717) is 30.9 Å². The first-order valence-corrected chi connectivity index (χ1v) is 18.4. The molecule has 2 aromatic heterocycles. The SMILES string of the molecule is CNCC(COc1cc(OC)cc(-c2cc(C(C)C3CCOCC3)n3ncc(C(C)C)c3n2)c1)O[Si](C)(C)C(C)(C)C. The molecule has 2 atom stereocenters. The van der Waals surface area contributed by atoms with E-state index in [1.807, 2.05) is 25.4 Å². The predicted octanol–water partition coefficient (Wildman–Crippen LogP) is 7.05. The van der Waals surface area contributed by atoms with Crippen molar-refractivity contribution >= 4 is 14.0 Å². The molecule has 0 aliphatic carbocycles. The lowest BCUT2D eigenvalue weighted by molar-refractivity contribution is 0.0590. The lowest BCUT2D eigenvalue weighted by Gasteiger charge is -2.39. The summed E-state index contributed by atoms with van der Waals surface area (Å²) in [5.41, 5.74) is 5.09. The van der Waals surface area contributed by atoms with Crippen LogP contribution in [0.4, 0.5) is 0 Å². The van der Waals surface area contributed by atoms with E-state index >= 15 is 0 Å². The van der Waals surface area contributed by atoms with Gasteiger partial charge in [0.1, 0.15) is 18.1 Å². The third-order valence-electron chi connectivity index (χ3n) is 9.13. The van der Waals surface area contributed by atoms with Crippen LogP contribution in [-0.2, 0) is 9.16 Å². The zero-order valence-corrected chi connectivity index (χ0v) is 28.4. The second kappa shape index (κ2) is 13.5. The van der Waals surface area contributed by atoms with E-state index in [0.717, 1.165) is 60.0 Å². The maximum absolute atomic E-state index is 6.70. The van der Waals surface area contributed by atoms with Crippen LogP contribution in [0.5, 0.6) is 11.5 Å². The molecule has 3 aromatic rings. The Morgan fingerprint density at radius 1 is 1.07 bits per heavy atom. The van der Waals surface area contributed by atoms with Gasteiger partial charge in [0, 0.05) is 48.6 Å². The second-order valence-corrected chi connectivity index (χ2v) is 18.3. The average Bonchev–Trinajstić information content (AvgIpc) is 3.39. The van der Waals surface area contributed by atoms with Crippen molar-refractivity contribution in [2.24, 2.45) is 5.92 Å². The maximum atomic E-state index is 6.70. The largest absolute Gasteiger partial charge is 0.497 e. The number of nitrogens with one attached hydrogen (secondary N) is 1. The van der Waals surface area contributed by atoms with Crippen LogP contribution < -0.4 is 14.8 Å². The molecule has 232 valence electrons. The van der Waals surface area contributed by atoms with Crippen molar-refractivity contribution in [1.82, 2.24) is 19.9 Å². The first-order chi connectivity index (χ1) is 19.8. The minimum atomic E-state index is -1.96. The molecule has 42 heavy (non-hydrogen) atoms. The monoisotopic (exact) mass is 596 g/mol. The molecule has 8 nitrogen and oxygen atoms in total. The van der Waals surface area contributed by atoms with Gasteiger partial charge < -0.3 is 24.0 Å². The highest BCUT2D eigenvalue weighted by molar-refractivity contribution is 6.74. The molecule has 1 fully saturated rings. The van der Waals surface area contributed by atoms with Crippen LogP contribution in [0.1, 0.15) is 77.5 Å². The molecule has 1 N–H and O–H groups in total. The van der Waals surface area contributed by atoms with Crippen molar-refractivity contribution < 1.29 is 18.6 Å². The number of nitrogens with zero attached hydrogens (tertiary/aromatic N) is 3. The number of hydrogen-bond acceptors (Lipinski definition) is 7. The van der Waals surface area contributed by atoms with Crippen molar-refractivity contribution in [3.63, 3.8) is 0 Å². The Labute approximate surface area is 253 Å². The number of methoxy groups -OCH3 is 1. The quantitative estimate of drug-likeness (QED) is 0.225. The Kier molecular flexibility index (Phi) is 10.4. The summed E-state index contributed by atoms with van der Waals surface area (Å²) in [4.78, 5) is 5.17. The zero-order chi connectivity index (χ0) is 30.7. The van der Waals surface area contributed by atoms with Gasteiger partial charge in [-0.25, -0.2) is 9.50 Å². The van der Waals surface area contributed by atoms with Crippen LogP contribution in [0.2, 0.25) is 18.1 Å². The first-order valence-electron chi connectivity index (χ1n) is 15.5. The van der Waals surface area contributed by atoms with Crippen molar-refractivity contribution in [3.8, 4) is 22.8 Å². The summed E-state index contributed by atoms with van der Waals surface area (Å²) >= 11 is 0. The van der Waals surface area contributed by atoms with Crippen LogP contribution in [-0.4, -0.2) is 69.5 Å². The summed E-state index contributed by atoms with van der Waals surface area (Å²) in [5, 5.41) is 8.21. The Morgan fingerprint density at radius 3 is 2.38 bits per heavy atom. The molecule has 1 saturated heterocycles. The van der Waals surface area contributed by atoms with Crippen molar-refractivity contribution in [1.29, 1.82) is 0 Å². The van der Waals surface area contributed by atoms with Gasteiger partial charge in [0.05, 0.1) is 25.1 Å². The fraction of sp³-hybridized carbons (Fsp3) is 0.636. The average molecular weight is 597 g/mol. The zero-order valence-electron chi connectivity index (χ0n) is 27.4. The van der Waals surface area contributed by atoms with Gasteiger partial charge in [-0.3, -0.25) is 0 Å². The minimum absolute atomic E-state index is 0.0627. The van der Waals surface area contributed by atoms with Crippen molar-refractivity contribution in [3.05, 3.63) is 41.7 Å². The van der Waals surface area contributed by atoms with E-state index in [2.05, 4.69) is 76.6 Å². The number of ether oxygens (including phenoxy) is 3. The molecule has 0 saturated carbocycles. The molecule has 0 bridgehead atoms. The highest BCUT2D eigenvalue weighted by Gasteiger charge is 2.39. The molecule has 9 heteroatoms. The molecule has 0 radical (unpaired) electrons. The molecule has 0 spiro atoms. The summed E-state index contributed by atoms with van der Waals surface area (Å²) in [6.07, 6.45) is 4.02. The molecule has 1 aliphatic heterocycles. The van der Waals surface area contributed by atoms with Gasteiger partial charge in [0.25, 0.3) is 0 Å². The fourth-order valence-electron chi connectivity index (χ4n) is 5.41. The molecular formula is C33H52N4O4Si. The molecule has 1 aliphatic rings. The Hall–Kier alpha value is -2.46. The molecule has 0 amide bonds. The Bertz CT molecular complexity index is 1330. The fourth-order valence-corrected chi connectivity index (χ4v) is 6.74. The highest BCUT2D eigenvalue weighted by Crippen LogP contribution is 2.38. The summed E-state index contributed by atoms with van der Waals surface area (Å²) in [5.74, 6) is 2.64. The lowest BCUT2D eigenvalue weighted by Crippen LogP contribution is -2.47. The summed E-state index contributed by atoms with van der Waals surface area (Å²) in [6, 6.07) is 8.25. The van der Waals surface area contributed by atoms with E-state index in [9.17, 15) is 0 Å². The smallest absolute Gasteiger partial charge is 0.192 e. The van der Waals surface area contributed by atoms with E-state index in [4.69, 9.17) is 28.7 Å². The molecule has 1 aromatic carbocycles. The van der Waals surface area contributed by atoms with Gasteiger partial charge in [-0.05, 0) is 68.1 Å². The second-order valence-electron chi connectivity index (χ2n) is 13.6. The van der Waals surface area contributed by atoms with E-state index in [1.165, 1.54) is 5.69 Å². The molecule has 2 unspecified atom stereocenters. The van der Waals surface area contributed by atoms with E-state index < -0.39 is 8.32 Å². The van der Waals surface area contributed by atoms with E-state index in [1.54, 1.807) is 7.11 Å². The van der Waals surface area contributed by atoms with Gasteiger partial charge in [-0.1, -0.05) is 41.5 Å². The van der Waals surface area contributed by atoms with Crippen molar-refractivity contribution in [2.45, 2.75) is 90.5 Å². The first kappa shape index (κ1) is 32.5.